The van der Waals surface area contributed by atoms with Crippen molar-refractivity contribution in [2.24, 2.45) is 0 Å². The molecule has 0 unspecified atom stereocenters. The largest absolute Gasteiger partial charge is 0.395 e. The van der Waals surface area contributed by atoms with Gasteiger partial charge in [-0.25, -0.2) is 0 Å². The van der Waals surface area contributed by atoms with E-state index in [1.165, 1.54) is 0 Å². The first kappa shape index (κ1) is 13.6. The molecule has 0 saturated carbocycles. The Bertz CT molecular complexity index is 519. The van der Waals surface area contributed by atoms with Gasteiger partial charge in [-0.1, -0.05) is 17.9 Å². The van der Waals surface area contributed by atoms with Gasteiger partial charge in [0.05, 0.1) is 6.61 Å². The molecule has 1 amide bonds. The zero-order valence-corrected chi connectivity index (χ0v) is 11.3. The molecular formula is C16H19NO2. The minimum atomic E-state index is 0.0679. The van der Waals surface area contributed by atoms with Crippen LogP contribution >= 0.6 is 0 Å². The number of amides is 1. The fourth-order valence-electron chi connectivity index (χ4n) is 2.21. The maximum atomic E-state index is 12.3. The van der Waals surface area contributed by atoms with E-state index >= 15 is 0 Å². The first-order chi connectivity index (χ1) is 9.22. The molecule has 1 saturated heterocycles. The second-order valence-electron chi connectivity index (χ2n) is 4.80. The molecule has 0 spiro atoms. The van der Waals surface area contributed by atoms with Crippen LogP contribution in [-0.2, 0) is 0 Å². The standard InChI is InChI=1S/C16H19NO2/c1-13-7-8-15(12-14(13)6-2-5-11-18)16(19)17-9-3-4-10-17/h7-8,12,18H,3-5,9-11H2,1H3. The van der Waals surface area contributed by atoms with Gasteiger partial charge in [-0.05, 0) is 37.5 Å². The number of carbonyl (C=O) groups excluding carboxylic acids is 1. The van der Waals surface area contributed by atoms with E-state index in [0.29, 0.717) is 12.0 Å². The Morgan fingerprint density at radius 2 is 2.11 bits per heavy atom. The lowest BCUT2D eigenvalue weighted by Crippen LogP contribution is -2.27. The summed E-state index contributed by atoms with van der Waals surface area (Å²) in [6.45, 7) is 3.77. The van der Waals surface area contributed by atoms with Gasteiger partial charge in [0.1, 0.15) is 0 Å². The van der Waals surface area contributed by atoms with Crippen molar-refractivity contribution in [1.29, 1.82) is 0 Å². The summed E-state index contributed by atoms with van der Waals surface area (Å²) in [5.41, 5.74) is 2.64. The van der Waals surface area contributed by atoms with E-state index < -0.39 is 0 Å². The summed E-state index contributed by atoms with van der Waals surface area (Å²) in [5.74, 6) is 6.02. The van der Waals surface area contributed by atoms with Crippen LogP contribution in [0.1, 0.15) is 40.7 Å². The number of aliphatic hydroxyl groups is 1. The van der Waals surface area contributed by atoms with Gasteiger partial charge in [-0.3, -0.25) is 4.79 Å². The second kappa shape index (κ2) is 6.40. The number of nitrogens with zero attached hydrogens (tertiary/aromatic N) is 1. The SMILES string of the molecule is Cc1ccc(C(=O)N2CCCC2)cc1C#CCCO. The smallest absolute Gasteiger partial charge is 0.253 e. The van der Waals surface area contributed by atoms with Crippen LogP contribution in [0.15, 0.2) is 18.2 Å². The van der Waals surface area contributed by atoms with Gasteiger partial charge >= 0.3 is 0 Å². The van der Waals surface area contributed by atoms with Crippen LogP contribution in [0.3, 0.4) is 0 Å². The van der Waals surface area contributed by atoms with Gasteiger partial charge in [0, 0.05) is 30.6 Å². The Morgan fingerprint density at radius 1 is 1.37 bits per heavy atom. The number of hydrogen-bond acceptors (Lipinski definition) is 2. The van der Waals surface area contributed by atoms with E-state index in [0.717, 1.165) is 37.1 Å². The highest BCUT2D eigenvalue weighted by Gasteiger charge is 2.19. The predicted molar refractivity (Wildman–Crippen MR) is 74.9 cm³/mol. The molecule has 0 radical (unpaired) electrons. The van der Waals surface area contributed by atoms with E-state index in [2.05, 4.69) is 11.8 Å². The number of aliphatic hydroxyl groups excluding tert-OH is 1. The van der Waals surface area contributed by atoms with Crippen LogP contribution in [0.2, 0.25) is 0 Å². The number of hydrogen-bond donors (Lipinski definition) is 1. The summed E-state index contributed by atoms with van der Waals surface area (Å²) in [7, 11) is 0. The fraction of sp³-hybridized carbons (Fsp3) is 0.438. The highest BCUT2D eigenvalue weighted by molar-refractivity contribution is 5.94. The van der Waals surface area contributed by atoms with Crippen LogP contribution in [0.5, 0.6) is 0 Å². The maximum Gasteiger partial charge on any atom is 0.253 e. The van der Waals surface area contributed by atoms with E-state index in [1.807, 2.05) is 30.0 Å². The van der Waals surface area contributed by atoms with Gasteiger partial charge in [-0.15, -0.1) is 0 Å². The van der Waals surface area contributed by atoms with Crippen molar-refractivity contribution in [1.82, 2.24) is 4.90 Å². The van der Waals surface area contributed by atoms with Crippen molar-refractivity contribution in [3.8, 4) is 11.8 Å². The second-order valence-corrected chi connectivity index (χ2v) is 4.80. The summed E-state index contributed by atoms with van der Waals surface area (Å²) < 4.78 is 0. The Hall–Kier alpha value is -1.79. The molecule has 0 aromatic heterocycles. The third-order valence-corrected chi connectivity index (χ3v) is 3.34. The minimum absolute atomic E-state index is 0.0679. The summed E-state index contributed by atoms with van der Waals surface area (Å²) >= 11 is 0. The first-order valence-electron chi connectivity index (χ1n) is 6.72. The molecule has 1 aliphatic heterocycles. The Balaban J connectivity index is 2.20. The van der Waals surface area contributed by atoms with Gasteiger partial charge < -0.3 is 10.0 Å². The highest BCUT2D eigenvalue weighted by Crippen LogP contribution is 2.16. The van der Waals surface area contributed by atoms with Gasteiger partial charge in [-0.2, -0.15) is 0 Å². The lowest BCUT2D eigenvalue weighted by atomic mass is 10.0. The molecule has 19 heavy (non-hydrogen) atoms. The molecule has 3 nitrogen and oxygen atoms in total. The van der Waals surface area contributed by atoms with Crippen molar-refractivity contribution >= 4 is 5.91 Å². The monoisotopic (exact) mass is 257 g/mol. The number of carbonyl (C=O) groups is 1. The van der Waals surface area contributed by atoms with E-state index in [4.69, 9.17) is 5.11 Å². The molecule has 1 heterocycles. The Morgan fingerprint density at radius 3 is 2.79 bits per heavy atom. The third-order valence-electron chi connectivity index (χ3n) is 3.34. The molecule has 1 aliphatic rings. The Kier molecular flexibility index (Phi) is 4.59. The maximum absolute atomic E-state index is 12.3. The van der Waals surface area contributed by atoms with Crippen molar-refractivity contribution < 1.29 is 9.90 Å². The molecule has 0 aliphatic carbocycles. The molecule has 1 fully saturated rings. The van der Waals surface area contributed by atoms with E-state index in [-0.39, 0.29) is 12.5 Å². The molecular weight excluding hydrogens is 238 g/mol. The van der Waals surface area contributed by atoms with Gasteiger partial charge in [0.2, 0.25) is 0 Å². The average Bonchev–Trinajstić information content (AvgIpc) is 2.94. The van der Waals surface area contributed by atoms with E-state index in [1.54, 1.807) is 0 Å². The zero-order valence-electron chi connectivity index (χ0n) is 11.3. The van der Waals surface area contributed by atoms with Gasteiger partial charge in [0.25, 0.3) is 5.91 Å². The molecule has 1 aromatic carbocycles. The molecule has 3 heteroatoms. The average molecular weight is 257 g/mol. The highest BCUT2D eigenvalue weighted by atomic mass is 16.2. The number of rotatable bonds is 2. The molecule has 1 aromatic rings. The lowest BCUT2D eigenvalue weighted by molar-refractivity contribution is 0.0793. The Labute approximate surface area is 114 Å². The zero-order chi connectivity index (χ0) is 13.7. The molecule has 2 rings (SSSR count). The number of aryl methyl sites for hydroxylation is 1. The van der Waals surface area contributed by atoms with Crippen LogP contribution in [0.25, 0.3) is 0 Å². The normalized spacial score (nSPS) is 14.1. The molecule has 0 bridgehead atoms. The van der Waals surface area contributed by atoms with Crippen LogP contribution < -0.4 is 0 Å². The predicted octanol–water partition coefficient (Wildman–Crippen LogP) is 1.96. The summed E-state index contributed by atoms with van der Waals surface area (Å²) in [5, 5.41) is 8.74. The van der Waals surface area contributed by atoms with Crippen molar-refractivity contribution in [2.45, 2.75) is 26.2 Å². The van der Waals surface area contributed by atoms with Crippen molar-refractivity contribution in [3.63, 3.8) is 0 Å². The van der Waals surface area contributed by atoms with Crippen molar-refractivity contribution in [3.05, 3.63) is 34.9 Å². The van der Waals surface area contributed by atoms with Crippen molar-refractivity contribution in [2.75, 3.05) is 19.7 Å². The van der Waals surface area contributed by atoms with E-state index in [9.17, 15) is 4.79 Å². The lowest BCUT2D eigenvalue weighted by Gasteiger charge is -2.15. The summed E-state index contributed by atoms with van der Waals surface area (Å²) in [4.78, 5) is 14.2. The van der Waals surface area contributed by atoms with Crippen LogP contribution in [-0.4, -0.2) is 35.6 Å². The fourth-order valence-corrected chi connectivity index (χ4v) is 2.21. The minimum Gasteiger partial charge on any atom is -0.395 e. The quantitative estimate of drug-likeness (QED) is 0.823. The van der Waals surface area contributed by atoms with Crippen LogP contribution in [0.4, 0.5) is 0 Å². The third kappa shape index (κ3) is 3.36. The number of likely N-dealkylation sites (tertiary alicyclic amines) is 1. The summed E-state index contributed by atoms with van der Waals surface area (Å²) in [6, 6.07) is 5.67. The summed E-state index contributed by atoms with van der Waals surface area (Å²) in [6.07, 6.45) is 2.66. The number of benzene rings is 1. The first-order valence-corrected chi connectivity index (χ1v) is 6.72. The van der Waals surface area contributed by atoms with Crippen LogP contribution in [0, 0.1) is 18.8 Å². The molecule has 1 N–H and O–H groups in total. The topological polar surface area (TPSA) is 40.5 Å². The van der Waals surface area contributed by atoms with Gasteiger partial charge in [0.15, 0.2) is 0 Å². The molecule has 0 atom stereocenters. The molecule has 100 valence electrons.